The Labute approximate surface area is 164 Å². The van der Waals surface area contributed by atoms with Gasteiger partial charge in [-0.05, 0) is 62.6 Å². The summed E-state index contributed by atoms with van der Waals surface area (Å²) in [7, 11) is 1.57. The molecule has 0 bridgehead atoms. The van der Waals surface area contributed by atoms with E-state index in [0.29, 0.717) is 23.1 Å². The zero-order chi connectivity index (χ0) is 19.4. The molecule has 6 heteroatoms. The average molecular weight is 390 g/mol. The molecule has 5 nitrogen and oxygen atoms in total. The molecule has 1 saturated carbocycles. The number of ether oxygens (including phenoxy) is 2. The molecule has 0 unspecified atom stereocenters. The molecule has 1 heterocycles. The smallest absolute Gasteiger partial charge is 0.247 e. The van der Waals surface area contributed by atoms with Gasteiger partial charge in [0.15, 0.2) is 11.5 Å². The molecule has 0 radical (unpaired) electrons. The lowest BCUT2D eigenvalue weighted by atomic mass is 10.1. The highest BCUT2D eigenvalue weighted by Gasteiger charge is 2.32. The molecule has 0 N–H and O–H groups in total. The van der Waals surface area contributed by atoms with Crippen LogP contribution in [0, 0.1) is 0 Å². The van der Waals surface area contributed by atoms with Gasteiger partial charge in [-0.25, -0.2) is 0 Å². The van der Waals surface area contributed by atoms with Crippen molar-refractivity contribution in [2.24, 2.45) is 0 Å². The van der Waals surface area contributed by atoms with Crippen molar-refractivity contribution in [1.29, 1.82) is 0 Å². The summed E-state index contributed by atoms with van der Waals surface area (Å²) in [5.74, 6) is 1.78. The maximum atomic E-state index is 12.7. The van der Waals surface area contributed by atoms with Crippen LogP contribution in [0.2, 0.25) is 5.02 Å². The summed E-state index contributed by atoms with van der Waals surface area (Å²) in [5, 5.41) is 0.449. The number of nitrogens with zero attached hydrogens (tertiary/aromatic N) is 1. The Morgan fingerprint density at radius 1 is 1.41 bits per heavy atom. The maximum absolute atomic E-state index is 12.7. The molecule has 144 valence electrons. The highest BCUT2D eigenvalue weighted by atomic mass is 35.5. The first kappa shape index (κ1) is 19.4. The lowest BCUT2D eigenvalue weighted by Crippen LogP contribution is -2.30. The van der Waals surface area contributed by atoms with Gasteiger partial charge in [0.05, 0.1) is 31.0 Å². The van der Waals surface area contributed by atoms with Crippen LogP contribution in [0.1, 0.15) is 38.0 Å². The number of hydrogen-bond donors (Lipinski definition) is 0. The Bertz CT molecular complexity index is 810. The van der Waals surface area contributed by atoms with Crippen LogP contribution in [0.25, 0.3) is 6.08 Å². The van der Waals surface area contributed by atoms with Crippen LogP contribution in [0.5, 0.6) is 11.5 Å². The van der Waals surface area contributed by atoms with E-state index < -0.39 is 0 Å². The van der Waals surface area contributed by atoms with Crippen LogP contribution >= 0.6 is 11.6 Å². The lowest BCUT2D eigenvalue weighted by Gasteiger charge is -2.19. The van der Waals surface area contributed by atoms with Crippen molar-refractivity contribution < 1.29 is 18.7 Å². The van der Waals surface area contributed by atoms with Gasteiger partial charge in [0.25, 0.3) is 0 Å². The van der Waals surface area contributed by atoms with Crippen molar-refractivity contribution in [3.8, 4) is 11.5 Å². The minimum Gasteiger partial charge on any atom is -0.493 e. The van der Waals surface area contributed by atoms with Crippen molar-refractivity contribution in [1.82, 2.24) is 4.90 Å². The molecule has 0 spiro atoms. The highest BCUT2D eigenvalue weighted by molar-refractivity contribution is 6.32. The minimum absolute atomic E-state index is 0.0203. The first-order valence-electron chi connectivity index (χ1n) is 9.03. The zero-order valence-corrected chi connectivity index (χ0v) is 16.5. The lowest BCUT2D eigenvalue weighted by molar-refractivity contribution is -0.127. The molecule has 3 rings (SSSR count). The molecule has 0 aliphatic heterocycles. The summed E-state index contributed by atoms with van der Waals surface area (Å²) < 4.78 is 16.5. The van der Waals surface area contributed by atoms with Crippen molar-refractivity contribution in [2.45, 2.75) is 45.4 Å². The normalized spacial score (nSPS) is 14.0. The maximum Gasteiger partial charge on any atom is 0.247 e. The average Bonchev–Trinajstić information content (AvgIpc) is 3.34. The fourth-order valence-electron chi connectivity index (χ4n) is 2.79. The third kappa shape index (κ3) is 5.07. The number of furan rings is 1. The molecular weight excluding hydrogens is 366 g/mol. The van der Waals surface area contributed by atoms with Crippen LogP contribution in [0.4, 0.5) is 0 Å². The topological polar surface area (TPSA) is 51.9 Å². The Kier molecular flexibility index (Phi) is 6.11. The first-order valence-corrected chi connectivity index (χ1v) is 9.41. The highest BCUT2D eigenvalue weighted by Crippen LogP contribution is 2.37. The Morgan fingerprint density at radius 2 is 2.19 bits per heavy atom. The van der Waals surface area contributed by atoms with Gasteiger partial charge in [-0.2, -0.15) is 0 Å². The fourth-order valence-corrected chi connectivity index (χ4v) is 3.06. The van der Waals surface area contributed by atoms with Gasteiger partial charge in [-0.15, -0.1) is 0 Å². The van der Waals surface area contributed by atoms with E-state index >= 15 is 0 Å². The Morgan fingerprint density at radius 3 is 2.78 bits per heavy atom. The van der Waals surface area contributed by atoms with Gasteiger partial charge in [-0.1, -0.05) is 11.6 Å². The van der Waals surface area contributed by atoms with Crippen LogP contribution < -0.4 is 9.47 Å². The molecule has 1 aromatic heterocycles. The molecule has 0 saturated heterocycles. The third-order valence-corrected chi connectivity index (χ3v) is 4.48. The van der Waals surface area contributed by atoms with Crippen molar-refractivity contribution in [3.63, 3.8) is 0 Å². The Hall–Kier alpha value is -2.40. The second-order valence-corrected chi connectivity index (χ2v) is 7.22. The molecule has 1 amide bonds. The van der Waals surface area contributed by atoms with Crippen molar-refractivity contribution >= 4 is 23.6 Å². The number of carbonyl (C=O) groups is 1. The number of rotatable bonds is 8. The van der Waals surface area contributed by atoms with Gasteiger partial charge < -0.3 is 18.8 Å². The molecular formula is C21H24ClNO4. The predicted octanol–water partition coefficient (Wildman–Crippen LogP) is 4.93. The number of carbonyl (C=O) groups excluding carboxylic acids is 1. The van der Waals surface area contributed by atoms with E-state index in [0.717, 1.165) is 24.2 Å². The number of amides is 1. The summed E-state index contributed by atoms with van der Waals surface area (Å²) >= 11 is 6.34. The van der Waals surface area contributed by atoms with E-state index in [9.17, 15) is 4.79 Å². The van der Waals surface area contributed by atoms with Gasteiger partial charge in [0, 0.05) is 12.1 Å². The molecule has 1 fully saturated rings. The number of hydrogen-bond acceptors (Lipinski definition) is 4. The SMILES string of the molecule is COc1cc(/C=C/C(=O)N(Cc2ccco2)C2CC2)cc(Cl)c1OC(C)C. The number of halogens is 1. The largest absolute Gasteiger partial charge is 0.493 e. The van der Waals surface area contributed by atoms with E-state index in [4.69, 9.17) is 25.5 Å². The van der Waals surface area contributed by atoms with Gasteiger partial charge in [0.1, 0.15) is 5.76 Å². The Balaban J connectivity index is 1.75. The fraction of sp³-hybridized carbons (Fsp3) is 0.381. The molecule has 0 atom stereocenters. The summed E-state index contributed by atoms with van der Waals surface area (Å²) in [6.45, 7) is 4.33. The van der Waals surface area contributed by atoms with E-state index in [2.05, 4.69) is 0 Å². The summed E-state index contributed by atoms with van der Waals surface area (Å²) in [6.07, 6.45) is 6.97. The zero-order valence-electron chi connectivity index (χ0n) is 15.8. The van der Waals surface area contributed by atoms with E-state index in [-0.39, 0.29) is 18.1 Å². The van der Waals surface area contributed by atoms with Crippen LogP contribution in [0.15, 0.2) is 41.0 Å². The number of benzene rings is 1. The van der Waals surface area contributed by atoms with E-state index in [1.54, 1.807) is 37.7 Å². The first-order chi connectivity index (χ1) is 13.0. The minimum atomic E-state index is -0.0495. The molecule has 1 aliphatic rings. The van der Waals surface area contributed by atoms with Crippen LogP contribution in [-0.4, -0.2) is 30.1 Å². The van der Waals surface area contributed by atoms with Crippen molar-refractivity contribution in [3.05, 3.63) is 53.0 Å². The molecule has 2 aromatic rings. The number of methoxy groups -OCH3 is 1. The third-order valence-electron chi connectivity index (χ3n) is 4.20. The second-order valence-electron chi connectivity index (χ2n) is 6.81. The molecule has 1 aliphatic carbocycles. The summed E-state index contributed by atoms with van der Waals surface area (Å²) in [6, 6.07) is 7.56. The predicted molar refractivity (Wildman–Crippen MR) is 105 cm³/mol. The second kappa shape index (κ2) is 8.53. The van der Waals surface area contributed by atoms with Gasteiger partial charge in [0.2, 0.25) is 5.91 Å². The van der Waals surface area contributed by atoms with Gasteiger partial charge >= 0.3 is 0 Å². The molecule has 27 heavy (non-hydrogen) atoms. The van der Waals surface area contributed by atoms with Gasteiger partial charge in [-0.3, -0.25) is 4.79 Å². The molecule has 1 aromatic carbocycles. The standard InChI is InChI=1S/C21H24ClNO4/c1-14(2)27-21-18(22)11-15(12-19(21)25-3)6-9-20(24)23(16-7-8-16)13-17-5-4-10-26-17/h4-6,9-12,14,16H,7-8,13H2,1-3H3/b9-6+. The van der Waals surface area contributed by atoms with E-state index in [1.165, 1.54) is 0 Å². The summed E-state index contributed by atoms with van der Waals surface area (Å²) in [5.41, 5.74) is 0.773. The van der Waals surface area contributed by atoms with Crippen LogP contribution in [0.3, 0.4) is 0 Å². The van der Waals surface area contributed by atoms with Crippen molar-refractivity contribution in [2.75, 3.05) is 7.11 Å². The monoisotopic (exact) mass is 389 g/mol. The van der Waals surface area contributed by atoms with E-state index in [1.807, 2.05) is 30.9 Å². The van der Waals surface area contributed by atoms with Crippen LogP contribution in [-0.2, 0) is 11.3 Å². The quantitative estimate of drug-likeness (QED) is 0.600. The summed E-state index contributed by atoms with van der Waals surface area (Å²) in [4.78, 5) is 14.5.